The fourth-order valence-corrected chi connectivity index (χ4v) is 0.750. The molecule has 0 heterocycles. The van der Waals surface area contributed by atoms with Crippen LogP contribution in [0.4, 0.5) is 0 Å². The minimum absolute atomic E-state index is 0.125. The fraction of sp³-hybridized carbons (Fsp3) is 1.00. The summed E-state index contributed by atoms with van der Waals surface area (Å²) in [6.45, 7) is 12.6. The van der Waals surface area contributed by atoms with Crippen LogP contribution in [0.15, 0.2) is 3.34 Å². The molecule has 0 aromatic heterocycles. The predicted octanol–water partition coefficient (Wildman–Crippen LogP) is 4.52. The van der Waals surface area contributed by atoms with Gasteiger partial charge in [0.05, 0.1) is 0 Å². The second kappa shape index (κ2) is 7.75. The standard InChI is InChI=1S/C7H16N.C4H9N.Ta/c1-4-7(8,5-2)6-3;1-4(2,3)5;/h8H,4-6H2,1-3H3;1-3H3;/q-1;;. The maximum absolute atomic E-state index is 7.67. The Hall–Kier alpha value is 0.500. The van der Waals surface area contributed by atoms with Gasteiger partial charge in [0.15, 0.2) is 0 Å². The fourth-order valence-electron chi connectivity index (χ4n) is 0.750. The summed E-state index contributed by atoms with van der Waals surface area (Å²) in [5, 5.41) is 0. The third-order valence-corrected chi connectivity index (χ3v) is 4.49. The van der Waals surface area contributed by atoms with Gasteiger partial charge < -0.3 is 5.73 Å². The Kier molecular flexibility index (Phi) is 9.36. The first kappa shape index (κ1) is 16.9. The normalized spacial score (nSPS) is 11.6. The van der Waals surface area contributed by atoms with Crippen molar-refractivity contribution in [3.05, 3.63) is 5.73 Å². The molecule has 0 amide bonds. The molecule has 3 heteroatoms. The van der Waals surface area contributed by atoms with E-state index in [2.05, 4.69) is 44.9 Å². The molecule has 0 rings (SSSR count). The van der Waals surface area contributed by atoms with Crippen LogP contribution in [0.3, 0.4) is 0 Å². The number of nitrogens with zero attached hydrogens (tertiary/aromatic N) is 1. The van der Waals surface area contributed by atoms with E-state index in [-0.39, 0.29) is 11.1 Å². The maximum Gasteiger partial charge on any atom is -0.0665 e. The van der Waals surface area contributed by atoms with Gasteiger partial charge in [0, 0.05) is 0 Å². The van der Waals surface area contributed by atoms with Crippen LogP contribution < -0.4 is 0 Å². The molecular formula is C11H25N2Ta-. The van der Waals surface area contributed by atoms with Crippen molar-refractivity contribution in [2.24, 2.45) is 3.34 Å². The summed E-state index contributed by atoms with van der Waals surface area (Å²) in [5.41, 5.74) is 7.76. The number of nitrogens with one attached hydrogen (secondary N) is 1. The summed E-state index contributed by atoms with van der Waals surface area (Å²) in [4.78, 5) is 0. The van der Waals surface area contributed by atoms with E-state index in [1.807, 2.05) is 0 Å². The second-order valence-corrected chi connectivity index (χ2v) is 5.33. The molecule has 0 saturated heterocycles. The minimum atomic E-state index is -0.125. The Morgan fingerprint density at radius 1 is 1.00 bits per heavy atom. The van der Waals surface area contributed by atoms with E-state index in [0.29, 0.717) is 0 Å². The van der Waals surface area contributed by atoms with Crippen LogP contribution in [-0.4, -0.2) is 11.1 Å². The molecule has 0 unspecified atom stereocenters. The number of hydrogen-bond acceptors (Lipinski definition) is 1. The van der Waals surface area contributed by atoms with Gasteiger partial charge in [-0.3, -0.25) is 0 Å². The first-order chi connectivity index (χ1) is 6.24. The van der Waals surface area contributed by atoms with Gasteiger partial charge in [-0.15, -0.1) is 5.54 Å². The zero-order valence-corrected chi connectivity index (χ0v) is 13.7. The van der Waals surface area contributed by atoms with E-state index >= 15 is 0 Å². The molecular weight excluding hydrogens is 341 g/mol. The molecule has 0 bridgehead atoms. The summed E-state index contributed by atoms with van der Waals surface area (Å²) in [5.74, 6) is 0. The summed E-state index contributed by atoms with van der Waals surface area (Å²) >= 11 is 1.15. The van der Waals surface area contributed by atoms with Crippen LogP contribution in [-0.2, 0) is 20.9 Å². The zero-order valence-electron chi connectivity index (χ0n) is 10.5. The first-order valence-electron chi connectivity index (χ1n) is 5.36. The maximum atomic E-state index is 7.67. The van der Waals surface area contributed by atoms with Gasteiger partial charge in [-0.25, -0.2) is 0 Å². The van der Waals surface area contributed by atoms with Gasteiger partial charge in [-0.2, -0.15) is 0 Å². The monoisotopic (exact) mass is 366 g/mol. The molecule has 0 aliphatic rings. The van der Waals surface area contributed by atoms with E-state index in [1.165, 1.54) is 0 Å². The molecule has 0 radical (unpaired) electrons. The van der Waals surface area contributed by atoms with Gasteiger partial charge in [0.25, 0.3) is 0 Å². The van der Waals surface area contributed by atoms with E-state index in [4.69, 9.17) is 5.73 Å². The largest absolute Gasteiger partial charge is 0.672 e. The van der Waals surface area contributed by atoms with Crippen LogP contribution in [0.25, 0.3) is 5.73 Å². The summed E-state index contributed by atoms with van der Waals surface area (Å²) in [7, 11) is 0. The topological polar surface area (TPSA) is 36.2 Å². The van der Waals surface area contributed by atoms with Crippen molar-refractivity contribution in [1.29, 1.82) is 0 Å². The van der Waals surface area contributed by atoms with Crippen LogP contribution >= 0.6 is 0 Å². The van der Waals surface area contributed by atoms with Crippen LogP contribution in [0.2, 0.25) is 0 Å². The van der Waals surface area contributed by atoms with Gasteiger partial charge in [0.2, 0.25) is 0 Å². The summed E-state index contributed by atoms with van der Waals surface area (Å²) in [6.07, 6.45) is 2.96. The first-order valence-corrected chi connectivity index (χ1v) is 6.79. The molecule has 0 atom stereocenters. The number of hydrogen-bond donors (Lipinski definition) is 0. The summed E-state index contributed by atoms with van der Waals surface area (Å²) in [6, 6.07) is 0. The van der Waals surface area contributed by atoms with E-state index in [9.17, 15) is 0 Å². The molecule has 14 heavy (non-hydrogen) atoms. The second-order valence-electron chi connectivity index (χ2n) is 4.61. The minimum Gasteiger partial charge on any atom is -0.672 e. The SMILES string of the molecule is CC(C)(C)[N]=[Ta].CCC([NH-])(CC)CC. The van der Waals surface area contributed by atoms with Gasteiger partial charge in [-0.1, -0.05) is 40.0 Å². The van der Waals surface area contributed by atoms with Gasteiger partial charge in [-0.05, 0) is 0 Å². The molecule has 2 nitrogen and oxygen atoms in total. The predicted molar refractivity (Wildman–Crippen MR) is 60.1 cm³/mol. The molecule has 1 N–H and O–H groups in total. The zero-order chi connectivity index (χ0) is 11.8. The Morgan fingerprint density at radius 2 is 1.21 bits per heavy atom. The molecule has 0 aromatic carbocycles. The van der Waals surface area contributed by atoms with Crippen molar-refractivity contribution < 1.29 is 20.9 Å². The van der Waals surface area contributed by atoms with E-state index in [1.54, 1.807) is 0 Å². The van der Waals surface area contributed by atoms with E-state index in [0.717, 1.165) is 40.2 Å². The van der Waals surface area contributed by atoms with Crippen LogP contribution in [0, 0.1) is 0 Å². The van der Waals surface area contributed by atoms with Crippen molar-refractivity contribution in [3.8, 4) is 0 Å². The third kappa shape index (κ3) is 10.6. The van der Waals surface area contributed by atoms with Crippen LogP contribution in [0.5, 0.6) is 0 Å². The van der Waals surface area contributed by atoms with Crippen molar-refractivity contribution >= 4 is 0 Å². The molecule has 0 aliphatic heterocycles. The molecule has 0 spiro atoms. The molecule has 0 aromatic rings. The average molecular weight is 366 g/mol. The smallest absolute Gasteiger partial charge is 0.0665 e. The van der Waals surface area contributed by atoms with Gasteiger partial charge in [0.1, 0.15) is 0 Å². The third-order valence-electron chi connectivity index (χ3n) is 2.33. The molecule has 85 valence electrons. The van der Waals surface area contributed by atoms with E-state index < -0.39 is 0 Å². The molecule has 0 fully saturated rings. The Balaban J connectivity index is 0. The van der Waals surface area contributed by atoms with Gasteiger partial charge >= 0.3 is 50.5 Å². The molecule has 0 saturated carbocycles. The van der Waals surface area contributed by atoms with Crippen molar-refractivity contribution in [1.82, 2.24) is 0 Å². The molecule has 0 aliphatic carbocycles. The summed E-state index contributed by atoms with van der Waals surface area (Å²) < 4.78 is 4.13. The Bertz CT molecular complexity index is 138. The quantitative estimate of drug-likeness (QED) is 0.704. The Labute approximate surface area is 102 Å². The van der Waals surface area contributed by atoms with Crippen molar-refractivity contribution in [2.45, 2.75) is 71.9 Å². The van der Waals surface area contributed by atoms with Crippen molar-refractivity contribution in [2.75, 3.05) is 0 Å². The Morgan fingerprint density at radius 3 is 1.21 bits per heavy atom. The average Bonchev–Trinajstić information content (AvgIpc) is 2.16. The van der Waals surface area contributed by atoms with Crippen molar-refractivity contribution in [3.63, 3.8) is 0 Å². The number of rotatable bonds is 3. The van der Waals surface area contributed by atoms with Crippen LogP contribution in [0.1, 0.15) is 60.8 Å².